The molecule has 0 bridgehead atoms. The second-order valence-corrected chi connectivity index (χ2v) is 7.41. The van der Waals surface area contributed by atoms with Crippen molar-refractivity contribution in [3.8, 4) is 0 Å². The minimum atomic E-state index is -1.17. The standard InChI is InChI=1S/C24H31N3O6/c1-2-5-19(15-22(30)25-10-12-33-13-11-28)23(31)27-21(16-29)24(32)26-20-9-8-17-6-3-4-7-18(17)14-20/h2-4,6-9,14,19,21,28-29H,1,5,10-13,15-16H2,(H,25,30)(H,26,32)(H,27,31)/t19-,21-/m0/s1. The molecule has 178 valence electrons. The maximum absolute atomic E-state index is 12.7. The zero-order valence-electron chi connectivity index (χ0n) is 18.5. The highest BCUT2D eigenvalue weighted by atomic mass is 16.5. The molecule has 9 heteroatoms. The van der Waals surface area contributed by atoms with Gasteiger partial charge in [0.15, 0.2) is 0 Å². The molecule has 2 aromatic rings. The van der Waals surface area contributed by atoms with Crippen molar-refractivity contribution in [3.05, 3.63) is 55.1 Å². The van der Waals surface area contributed by atoms with Crippen molar-refractivity contribution in [2.75, 3.05) is 38.3 Å². The molecule has 0 aliphatic rings. The van der Waals surface area contributed by atoms with E-state index in [1.165, 1.54) is 6.08 Å². The lowest BCUT2D eigenvalue weighted by atomic mass is 9.99. The van der Waals surface area contributed by atoms with Gasteiger partial charge in [-0.2, -0.15) is 0 Å². The van der Waals surface area contributed by atoms with Gasteiger partial charge in [-0.25, -0.2) is 0 Å². The Bertz CT molecular complexity index is 949. The molecule has 33 heavy (non-hydrogen) atoms. The quantitative estimate of drug-likeness (QED) is 0.212. The second-order valence-electron chi connectivity index (χ2n) is 7.41. The first kappa shape index (κ1) is 26.0. The van der Waals surface area contributed by atoms with Gasteiger partial charge in [0.25, 0.3) is 0 Å². The molecule has 0 spiro atoms. The summed E-state index contributed by atoms with van der Waals surface area (Å²) in [5.41, 5.74) is 0.539. The number of rotatable bonds is 14. The van der Waals surface area contributed by atoms with Crippen molar-refractivity contribution in [3.63, 3.8) is 0 Å². The third-order valence-electron chi connectivity index (χ3n) is 4.89. The van der Waals surface area contributed by atoms with Crippen LogP contribution < -0.4 is 16.0 Å². The van der Waals surface area contributed by atoms with E-state index in [9.17, 15) is 19.5 Å². The van der Waals surface area contributed by atoms with E-state index in [1.807, 2.05) is 30.3 Å². The molecule has 3 amide bonds. The average molecular weight is 458 g/mol. The molecule has 9 nitrogen and oxygen atoms in total. The summed E-state index contributed by atoms with van der Waals surface area (Å²) in [5, 5.41) is 28.1. The Balaban J connectivity index is 1.92. The van der Waals surface area contributed by atoms with E-state index in [1.54, 1.807) is 12.1 Å². The Morgan fingerprint density at radius 1 is 1.03 bits per heavy atom. The molecule has 2 aromatic carbocycles. The van der Waals surface area contributed by atoms with Gasteiger partial charge in [-0.1, -0.05) is 36.4 Å². The Labute approximate surface area is 192 Å². The van der Waals surface area contributed by atoms with Gasteiger partial charge in [-0.3, -0.25) is 14.4 Å². The summed E-state index contributed by atoms with van der Waals surface area (Å²) < 4.78 is 5.07. The molecular formula is C24H31N3O6. The van der Waals surface area contributed by atoms with Crippen LogP contribution >= 0.6 is 0 Å². The number of allylic oxidation sites excluding steroid dienone is 1. The molecule has 0 saturated carbocycles. The molecule has 0 aliphatic carbocycles. The number of fused-ring (bicyclic) bond motifs is 1. The van der Waals surface area contributed by atoms with E-state index >= 15 is 0 Å². The van der Waals surface area contributed by atoms with Crippen LogP contribution in [-0.4, -0.2) is 66.9 Å². The van der Waals surface area contributed by atoms with Crippen LogP contribution in [0.5, 0.6) is 0 Å². The summed E-state index contributed by atoms with van der Waals surface area (Å²) >= 11 is 0. The summed E-state index contributed by atoms with van der Waals surface area (Å²) in [6, 6.07) is 11.9. The zero-order valence-corrected chi connectivity index (χ0v) is 18.5. The van der Waals surface area contributed by atoms with E-state index in [0.717, 1.165) is 10.8 Å². The number of carbonyl (C=O) groups is 3. The molecule has 2 atom stereocenters. The normalized spacial score (nSPS) is 12.5. The number of ether oxygens (including phenoxy) is 1. The van der Waals surface area contributed by atoms with Crippen molar-refractivity contribution in [2.24, 2.45) is 5.92 Å². The van der Waals surface area contributed by atoms with E-state index in [-0.39, 0.29) is 45.1 Å². The lowest BCUT2D eigenvalue weighted by Gasteiger charge is -2.20. The smallest absolute Gasteiger partial charge is 0.249 e. The number of benzene rings is 2. The van der Waals surface area contributed by atoms with Crippen LogP contribution in [0.15, 0.2) is 55.1 Å². The van der Waals surface area contributed by atoms with Gasteiger partial charge < -0.3 is 30.9 Å². The summed E-state index contributed by atoms with van der Waals surface area (Å²) in [6.45, 7) is 3.59. The maximum Gasteiger partial charge on any atom is 0.249 e. The maximum atomic E-state index is 12.7. The van der Waals surface area contributed by atoms with Crippen LogP contribution in [0.4, 0.5) is 5.69 Å². The molecular weight excluding hydrogens is 426 g/mol. The number of anilines is 1. The van der Waals surface area contributed by atoms with Crippen molar-refractivity contribution in [1.29, 1.82) is 0 Å². The lowest BCUT2D eigenvalue weighted by Crippen LogP contribution is -2.48. The Morgan fingerprint density at radius 3 is 2.48 bits per heavy atom. The van der Waals surface area contributed by atoms with E-state index < -0.39 is 30.4 Å². The van der Waals surface area contributed by atoms with Crippen LogP contribution in [0.25, 0.3) is 10.8 Å². The molecule has 0 unspecified atom stereocenters. The average Bonchev–Trinajstić information content (AvgIpc) is 2.81. The van der Waals surface area contributed by atoms with Gasteiger partial charge in [0.1, 0.15) is 6.04 Å². The van der Waals surface area contributed by atoms with Gasteiger partial charge in [-0.15, -0.1) is 6.58 Å². The molecule has 2 rings (SSSR count). The highest BCUT2D eigenvalue weighted by molar-refractivity contribution is 5.99. The number of aliphatic hydroxyl groups excluding tert-OH is 2. The van der Waals surface area contributed by atoms with Gasteiger partial charge in [0.05, 0.1) is 32.3 Å². The zero-order chi connectivity index (χ0) is 24.1. The molecule has 0 heterocycles. The topological polar surface area (TPSA) is 137 Å². The SMILES string of the molecule is C=CC[C@@H](CC(=O)NCCOCCO)C(=O)N[C@@H](CO)C(=O)Nc1ccc2ccccc2c1. The van der Waals surface area contributed by atoms with Crippen molar-refractivity contribution < 1.29 is 29.3 Å². The number of carbonyl (C=O) groups excluding carboxylic acids is 3. The minimum absolute atomic E-state index is 0.101. The van der Waals surface area contributed by atoms with Gasteiger partial charge in [-0.05, 0) is 29.3 Å². The van der Waals surface area contributed by atoms with E-state index in [0.29, 0.717) is 5.69 Å². The first-order chi connectivity index (χ1) is 16.0. The fourth-order valence-electron chi connectivity index (χ4n) is 3.19. The Hall–Kier alpha value is -3.27. The monoisotopic (exact) mass is 457 g/mol. The van der Waals surface area contributed by atoms with Gasteiger partial charge >= 0.3 is 0 Å². The van der Waals surface area contributed by atoms with Crippen LogP contribution in [-0.2, 0) is 19.1 Å². The van der Waals surface area contributed by atoms with E-state index in [4.69, 9.17) is 9.84 Å². The van der Waals surface area contributed by atoms with Gasteiger partial charge in [0.2, 0.25) is 17.7 Å². The number of nitrogens with one attached hydrogen (secondary N) is 3. The first-order valence-electron chi connectivity index (χ1n) is 10.8. The van der Waals surface area contributed by atoms with Crippen LogP contribution in [0.2, 0.25) is 0 Å². The largest absolute Gasteiger partial charge is 0.394 e. The van der Waals surface area contributed by atoms with Crippen LogP contribution in [0.1, 0.15) is 12.8 Å². The Kier molecular flexibility index (Phi) is 11.0. The molecule has 0 radical (unpaired) electrons. The van der Waals surface area contributed by atoms with Gasteiger partial charge in [0, 0.05) is 18.7 Å². The van der Waals surface area contributed by atoms with Crippen molar-refractivity contribution >= 4 is 34.2 Å². The van der Waals surface area contributed by atoms with Crippen LogP contribution in [0.3, 0.4) is 0 Å². The van der Waals surface area contributed by atoms with Crippen molar-refractivity contribution in [1.82, 2.24) is 10.6 Å². The third kappa shape index (κ3) is 8.64. The highest BCUT2D eigenvalue weighted by Gasteiger charge is 2.26. The summed E-state index contributed by atoms with van der Waals surface area (Å²) in [4.78, 5) is 37.5. The van der Waals surface area contributed by atoms with Crippen LogP contribution in [0, 0.1) is 5.92 Å². The number of hydrogen-bond donors (Lipinski definition) is 5. The first-order valence-corrected chi connectivity index (χ1v) is 10.8. The number of hydrogen-bond acceptors (Lipinski definition) is 6. The molecule has 5 N–H and O–H groups in total. The fourth-order valence-corrected chi connectivity index (χ4v) is 3.19. The minimum Gasteiger partial charge on any atom is -0.394 e. The number of aliphatic hydroxyl groups is 2. The summed E-state index contributed by atoms with van der Waals surface area (Å²) in [6.07, 6.45) is 1.64. The van der Waals surface area contributed by atoms with E-state index in [2.05, 4.69) is 22.5 Å². The molecule has 0 aliphatic heterocycles. The predicted molar refractivity (Wildman–Crippen MR) is 125 cm³/mol. The van der Waals surface area contributed by atoms with Crippen molar-refractivity contribution in [2.45, 2.75) is 18.9 Å². The summed E-state index contributed by atoms with van der Waals surface area (Å²) in [5.74, 6) is -2.20. The predicted octanol–water partition coefficient (Wildman–Crippen LogP) is 0.963. The second kappa shape index (κ2) is 14.0. The molecule has 0 fully saturated rings. The lowest BCUT2D eigenvalue weighted by molar-refractivity contribution is -0.132. The highest BCUT2D eigenvalue weighted by Crippen LogP contribution is 2.19. The molecule has 0 aromatic heterocycles. The number of amides is 3. The third-order valence-corrected chi connectivity index (χ3v) is 4.89. The fraction of sp³-hybridized carbons (Fsp3) is 0.375. The Morgan fingerprint density at radius 2 is 1.79 bits per heavy atom. The summed E-state index contributed by atoms with van der Waals surface area (Å²) in [7, 11) is 0. The molecule has 0 saturated heterocycles.